The van der Waals surface area contributed by atoms with E-state index in [2.05, 4.69) is 21.2 Å². The summed E-state index contributed by atoms with van der Waals surface area (Å²) in [6.07, 6.45) is 0. The number of nitrogens with one attached hydrogen (secondary N) is 1. The lowest BCUT2D eigenvalue weighted by Crippen LogP contribution is -2.49. The lowest BCUT2D eigenvalue weighted by atomic mass is 10.0. The van der Waals surface area contributed by atoms with Crippen molar-refractivity contribution in [2.24, 2.45) is 0 Å². The molecule has 0 saturated carbocycles. The number of hydrogen-bond donors (Lipinski definition) is 1. The van der Waals surface area contributed by atoms with Crippen LogP contribution in [0.25, 0.3) is 0 Å². The van der Waals surface area contributed by atoms with Gasteiger partial charge in [-0.1, -0.05) is 15.9 Å². The maximum absolute atomic E-state index is 12.1. The third kappa shape index (κ3) is 4.00. The molecule has 1 atom stereocenters. The SMILES string of the molecule is Cc1cc(Br)cc(C(=O)NC(C)(C)C(C)Cl)c1. The second kappa shape index (κ2) is 5.40. The van der Waals surface area contributed by atoms with E-state index in [9.17, 15) is 4.79 Å². The molecule has 0 fully saturated rings. The van der Waals surface area contributed by atoms with Gasteiger partial charge >= 0.3 is 0 Å². The van der Waals surface area contributed by atoms with E-state index < -0.39 is 5.54 Å². The second-order valence-corrected chi connectivity index (χ2v) is 6.38. The Labute approximate surface area is 116 Å². The third-order valence-electron chi connectivity index (χ3n) is 2.73. The van der Waals surface area contributed by atoms with Gasteiger partial charge < -0.3 is 5.32 Å². The Hall–Kier alpha value is -0.540. The number of carbonyl (C=O) groups excluding carboxylic acids is 1. The van der Waals surface area contributed by atoms with E-state index in [1.165, 1.54) is 0 Å². The Morgan fingerprint density at radius 2 is 2.00 bits per heavy atom. The van der Waals surface area contributed by atoms with Crippen LogP contribution in [0.1, 0.15) is 36.7 Å². The fraction of sp³-hybridized carbons (Fsp3) is 0.462. The van der Waals surface area contributed by atoms with Crippen molar-refractivity contribution in [3.63, 3.8) is 0 Å². The minimum Gasteiger partial charge on any atom is -0.346 e. The van der Waals surface area contributed by atoms with Gasteiger partial charge in [0.2, 0.25) is 0 Å². The van der Waals surface area contributed by atoms with Crippen LogP contribution in [-0.2, 0) is 0 Å². The van der Waals surface area contributed by atoms with Crippen molar-refractivity contribution < 1.29 is 4.79 Å². The summed E-state index contributed by atoms with van der Waals surface area (Å²) in [5.74, 6) is -0.105. The molecule has 0 aliphatic heterocycles. The molecule has 0 saturated heterocycles. The maximum atomic E-state index is 12.1. The summed E-state index contributed by atoms with van der Waals surface area (Å²) in [5.41, 5.74) is 1.25. The van der Waals surface area contributed by atoms with Crippen molar-refractivity contribution in [3.8, 4) is 0 Å². The Morgan fingerprint density at radius 3 is 2.47 bits per heavy atom. The van der Waals surface area contributed by atoms with E-state index in [4.69, 9.17) is 11.6 Å². The number of rotatable bonds is 3. The van der Waals surface area contributed by atoms with E-state index in [-0.39, 0.29) is 11.3 Å². The molecule has 0 aliphatic carbocycles. The molecule has 0 spiro atoms. The average molecular weight is 319 g/mol. The highest BCUT2D eigenvalue weighted by Crippen LogP contribution is 2.18. The molecule has 1 aromatic carbocycles. The van der Waals surface area contributed by atoms with Crippen LogP contribution in [0.5, 0.6) is 0 Å². The fourth-order valence-corrected chi connectivity index (χ4v) is 1.99. The van der Waals surface area contributed by atoms with E-state index in [1.807, 2.05) is 39.8 Å². The first-order valence-corrected chi connectivity index (χ1v) is 6.69. The van der Waals surface area contributed by atoms with Crippen molar-refractivity contribution in [2.45, 2.75) is 38.6 Å². The number of hydrogen-bond acceptors (Lipinski definition) is 1. The van der Waals surface area contributed by atoms with Crippen LogP contribution in [0.2, 0.25) is 0 Å². The fourth-order valence-electron chi connectivity index (χ4n) is 1.33. The molecule has 0 aromatic heterocycles. The molecule has 1 rings (SSSR count). The standard InChI is InChI=1S/C13H17BrClNO/c1-8-5-10(7-11(14)6-8)12(17)16-13(3,4)9(2)15/h5-7,9H,1-4H3,(H,16,17). The molecule has 0 aliphatic rings. The molecule has 1 unspecified atom stereocenters. The Bertz CT molecular complexity index is 409. The number of halogens is 2. The average Bonchev–Trinajstić information content (AvgIpc) is 2.15. The van der Waals surface area contributed by atoms with Crippen LogP contribution in [0, 0.1) is 6.92 Å². The van der Waals surface area contributed by atoms with Gasteiger partial charge in [0.05, 0.1) is 10.9 Å². The largest absolute Gasteiger partial charge is 0.346 e. The zero-order valence-electron chi connectivity index (χ0n) is 10.5. The first-order chi connectivity index (χ1) is 7.72. The van der Waals surface area contributed by atoms with Gasteiger partial charge in [-0.2, -0.15) is 0 Å². The number of amides is 1. The third-order valence-corrected chi connectivity index (χ3v) is 3.74. The number of carbonyl (C=O) groups is 1. The summed E-state index contributed by atoms with van der Waals surface area (Å²) in [7, 11) is 0. The number of aryl methyl sites for hydroxylation is 1. The summed E-state index contributed by atoms with van der Waals surface area (Å²) in [4.78, 5) is 12.1. The highest BCUT2D eigenvalue weighted by atomic mass is 79.9. The van der Waals surface area contributed by atoms with Crippen molar-refractivity contribution in [2.75, 3.05) is 0 Å². The molecule has 0 bridgehead atoms. The molecule has 17 heavy (non-hydrogen) atoms. The normalized spacial score (nSPS) is 13.3. The number of benzene rings is 1. The molecule has 2 nitrogen and oxygen atoms in total. The van der Waals surface area contributed by atoms with Crippen LogP contribution in [0.15, 0.2) is 22.7 Å². The summed E-state index contributed by atoms with van der Waals surface area (Å²) in [6.45, 7) is 7.64. The van der Waals surface area contributed by atoms with Crippen LogP contribution < -0.4 is 5.32 Å². The van der Waals surface area contributed by atoms with Gasteiger partial charge in [-0.15, -0.1) is 11.6 Å². The highest BCUT2D eigenvalue weighted by Gasteiger charge is 2.26. The predicted molar refractivity (Wildman–Crippen MR) is 75.7 cm³/mol. The smallest absolute Gasteiger partial charge is 0.251 e. The summed E-state index contributed by atoms with van der Waals surface area (Å²) < 4.78 is 0.902. The number of alkyl halides is 1. The van der Waals surface area contributed by atoms with Gasteiger partial charge in [-0.3, -0.25) is 4.79 Å². The van der Waals surface area contributed by atoms with Crippen LogP contribution in [0.4, 0.5) is 0 Å². The minimum atomic E-state index is -0.436. The molecule has 1 amide bonds. The molecule has 4 heteroatoms. The van der Waals surface area contributed by atoms with Gasteiger partial charge in [0, 0.05) is 10.0 Å². The van der Waals surface area contributed by atoms with Gasteiger partial charge in [-0.05, 0) is 51.5 Å². The Kier molecular flexibility index (Phi) is 4.62. The van der Waals surface area contributed by atoms with E-state index >= 15 is 0 Å². The zero-order chi connectivity index (χ0) is 13.2. The molecular weight excluding hydrogens is 302 g/mol. The van der Waals surface area contributed by atoms with Crippen molar-refractivity contribution >= 4 is 33.4 Å². The van der Waals surface area contributed by atoms with Crippen LogP contribution in [-0.4, -0.2) is 16.8 Å². The lowest BCUT2D eigenvalue weighted by Gasteiger charge is -2.29. The molecule has 94 valence electrons. The predicted octanol–water partition coefficient (Wildman–Crippen LogP) is 3.89. The van der Waals surface area contributed by atoms with Crippen LogP contribution >= 0.6 is 27.5 Å². The summed E-state index contributed by atoms with van der Waals surface area (Å²) in [5, 5.41) is 2.80. The first kappa shape index (κ1) is 14.5. The summed E-state index contributed by atoms with van der Waals surface area (Å²) in [6, 6.07) is 5.62. The van der Waals surface area contributed by atoms with E-state index in [0.29, 0.717) is 5.56 Å². The molecule has 1 N–H and O–H groups in total. The molecular formula is C13H17BrClNO. The van der Waals surface area contributed by atoms with Gasteiger partial charge in [0.15, 0.2) is 0 Å². The summed E-state index contributed by atoms with van der Waals surface area (Å²) >= 11 is 9.42. The van der Waals surface area contributed by atoms with Crippen molar-refractivity contribution in [3.05, 3.63) is 33.8 Å². The van der Waals surface area contributed by atoms with E-state index in [0.717, 1.165) is 10.0 Å². The van der Waals surface area contributed by atoms with Crippen molar-refractivity contribution in [1.82, 2.24) is 5.32 Å². The molecule has 0 radical (unpaired) electrons. The lowest BCUT2D eigenvalue weighted by molar-refractivity contribution is 0.0912. The Balaban J connectivity index is 2.91. The highest BCUT2D eigenvalue weighted by molar-refractivity contribution is 9.10. The quantitative estimate of drug-likeness (QED) is 0.842. The second-order valence-electron chi connectivity index (χ2n) is 4.81. The topological polar surface area (TPSA) is 29.1 Å². The van der Waals surface area contributed by atoms with Gasteiger partial charge in [0.1, 0.15) is 0 Å². The van der Waals surface area contributed by atoms with Gasteiger partial charge in [0.25, 0.3) is 5.91 Å². The van der Waals surface area contributed by atoms with E-state index in [1.54, 1.807) is 6.07 Å². The zero-order valence-corrected chi connectivity index (χ0v) is 12.8. The Morgan fingerprint density at radius 1 is 1.41 bits per heavy atom. The molecule has 1 aromatic rings. The van der Waals surface area contributed by atoms with Crippen LogP contribution in [0.3, 0.4) is 0 Å². The maximum Gasteiger partial charge on any atom is 0.251 e. The molecule has 0 heterocycles. The van der Waals surface area contributed by atoms with Crippen molar-refractivity contribution in [1.29, 1.82) is 0 Å². The van der Waals surface area contributed by atoms with Gasteiger partial charge in [-0.25, -0.2) is 0 Å². The minimum absolute atomic E-state index is 0.105. The monoisotopic (exact) mass is 317 g/mol. The first-order valence-electron chi connectivity index (χ1n) is 5.46.